The molecule has 0 saturated carbocycles. The molecule has 2 heterocycles. The minimum atomic E-state index is -1.27. The Balaban J connectivity index is 2.03. The third kappa shape index (κ3) is 2.46. The van der Waals surface area contributed by atoms with Crippen molar-refractivity contribution < 1.29 is 9.90 Å². The van der Waals surface area contributed by atoms with Gasteiger partial charge < -0.3 is 5.11 Å². The first kappa shape index (κ1) is 14.3. The largest absolute Gasteiger partial charge is 0.464 e. The number of aromatic nitrogens is 1. The van der Waals surface area contributed by atoms with Crippen LogP contribution in [0.4, 0.5) is 4.79 Å². The number of hydrogen-bond donors (Lipinski definition) is 1. The van der Waals surface area contributed by atoms with Crippen molar-refractivity contribution in [2.75, 3.05) is 0 Å². The Hall–Kier alpha value is -2.66. The normalized spacial score (nSPS) is 10.6. The van der Waals surface area contributed by atoms with E-state index in [0.29, 0.717) is 10.1 Å². The zero-order valence-electron chi connectivity index (χ0n) is 11.8. The number of pyridine rings is 1. The molecule has 0 spiro atoms. The first-order chi connectivity index (χ1) is 10.6. The van der Waals surface area contributed by atoms with Gasteiger partial charge in [0.15, 0.2) is 0 Å². The molecule has 110 valence electrons. The lowest BCUT2D eigenvalue weighted by atomic mass is 9.99. The molecule has 22 heavy (non-hydrogen) atoms. The smallest absolute Gasteiger partial charge is 0.418 e. The van der Waals surface area contributed by atoms with Crippen molar-refractivity contribution in [1.29, 1.82) is 0 Å². The molecule has 0 saturated heterocycles. The minimum absolute atomic E-state index is 0.424. The summed E-state index contributed by atoms with van der Waals surface area (Å²) >= 11 is 1.64. The minimum Gasteiger partial charge on any atom is -0.464 e. The van der Waals surface area contributed by atoms with Gasteiger partial charge in [0.25, 0.3) is 5.56 Å². The van der Waals surface area contributed by atoms with Crippen LogP contribution >= 0.6 is 11.3 Å². The molecule has 0 radical (unpaired) electrons. The van der Waals surface area contributed by atoms with Crippen molar-refractivity contribution >= 4 is 17.4 Å². The van der Waals surface area contributed by atoms with Gasteiger partial charge >= 0.3 is 6.09 Å². The molecule has 0 aliphatic rings. The average Bonchev–Trinajstić information content (AvgIpc) is 3.04. The van der Waals surface area contributed by atoms with Gasteiger partial charge in [-0.2, -0.15) is 11.3 Å². The lowest BCUT2D eigenvalue weighted by Crippen LogP contribution is -2.27. The quantitative estimate of drug-likeness (QED) is 0.776. The van der Waals surface area contributed by atoms with Crippen LogP contribution in [-0.4, -0.2) is 15.8 Å². The first-order valence-electron chi connectivity index (χ1n) is 6.66. The molecular formula is C17H13NO3S. The van der Waals surface area contributed by atoms with Crippen LogP contribution in [0.5, 0.6) is 0 Å². The van der Waals surface area contributed by atoms with E-state index in [4.69, 9.17) is 5.11 Å². The topological polar surface area (TPSA) is 59.3 Å². The zero-order chi connectivity index (χ0) is 15.7. The van der Waals surface area contributed by atoms with E-state index in [1.165, 1.54) is 6.20 Å². The second kappa shape index (κ2) is 5.61. The van der Waals surface area contributed by atoms with Crippen molar-refractivity contribution in [3.8, 4) is 22.3 Å². The van der Waals surface area contributed by atoms with Crippen molar-refractivity contribution in [3.63, 3.8) is 0 Å². The summed E-state index contributed by atoms with van der Waals surface area (Å²) < 4.78 is 0.693. The van der Waals surface area contributed by atoms with Gasteiger partial charge in [-0.05, 0) is 52.1 Å². The molecule has 0 atom stereocenters. The van der Waals surface area contributed by atoms with Gasteiger partial charge in [0.2, 0.25) is 0 Å². The summed E-state index contributed by atoms with van der Waals surface area (Å²) in [5.41, 5.74) is 3.83. The Kier molecular flexibility index (Phi) is 3.65. The summed E-state index contributed by atoms with van der Waals surface area (Å²) in [6.45, 7) is 1.64. The molecular weight excluding hydrogens is 298 g/mol. The Labute approximate surface area is 130 Å². The Morgan fingerprint density at radius 1 is 1.05 bits per heavy atom. The number of carboxylic acid groups (broad SMARTS) is 1. The molecule has 0 aliphatic carbocycles. The molecule has 0 amide bonds. The second-order valence-electron chi connectivity index (χ2n) is 4.90. The SMILES string of the molecule is Cc1c(-c2ccc(-c3ccsc3)cc2)ccn(C(=O)O)c1=O. The van der Waals surface area contributed by atoms with Crippen LogP contribution in [0.15, 0.2) is 58.1 Å². The summed E-state index contributed by atoms with van der Waals surface area (Å²) in [5.74, 6) is 0. The van der Waals surface area contributed by atoms with E-state index in [2.05, 4.69) is 11.4 Å². The van der Waals surface area contributed by atoms with Crippen LogP contribution < -0.4 is 5.56 Å². The van der Waals surface area contributed by atoms with Crippen molar-refractivity contribution in [2.45, 2.75) is 6.92 Å². The van der Waals surface area contributed by atoms with E-state index in [1.807, 2.05) is 29.6 Å². The summed E-state index contributed by atoms with van der Waals surface area (Å²) in [7, 11) is 0. The molecule has 3 aromatic rings. The Bertz CT molecular complexity index is 877. The van der Waals surface area contributed by atoms with Gasteiger partial charge in [0.1, 0.15) is 0 Å². The molecule has 3 rings (SSSR count). The van der Waals surface area contributed by atoms with E-state index < -0.39 is 11.7 Å². The molecule has 0 aliphatic heterocycles. The van der Waals surface area contributed by atoms with E-state index >= 15 is 0 Å². The summed E-state index contributed by atoms with van der Waals surface area (Å²) in [4.78, 5) is 23.0. The van der Waals surface area contributed by atoms with Crippen LogP contribution in [0, 0.1) is 6.92 Å². The van der Waals surface area contributed by atoms with Crippen molar-refractivity contribution in [1.82, 2.24) is 4.57 Å². The van der Waals surface area contributed by atoms with Gasteiger partial charge in [-0.25, -0.2) is 9.36 Å². The summed E-state index contributed by atoms with van der Waals surface area (Å²) in [6.07, 6.45) is 0.0206. The number of benzene rings is 1. The number of thiophene rings is 1. The fourth-order valence-electron chi connectivity index (χ4n) is 2.37. The van der Waals surface area contributed by atoms with Crippen molar-refractivity contribution in [2.24, 2.45) is 0 Å². The molecule has 0 unspecified atom stereocenters. The highest BCUT2D eigenvalue weighted by atomic mass is 32.1. The highest BCUT2D eigenvalue weighted by Crippen LogP contribution is 2.26. The van der Waals surface area contributed by atoms with Gasteiger partial charge in [-0.3, -0.25) is 4.79 Å². The fourth-order valence-corrected chi connectivity index (χ4v) is 3.04. The van der Waals surface area contributed by atoms with E-state index in [-0.39, 0.29) is 0 Å². The fraction of sp³-hybridized carbons (Fsp3) is 0.0588. The maximum atomic E-state index is 12.0. The summed E-state index contributed by atoms with van der Waals surface area (Å²) in [5, 5.41) is 13.1. The first-order valence-corrected chi connectivity index (χ1v) is 7.61. The van der Waals surface area contributed by atoms with Gasteiger partial charge in [-0.15, -0.1) is 0 Å². The second-order valence-corrected chi connectivity index (χ2v) is 5.68. The third-order valence-corrected chi connectivity index (χ3v) is 4.27. The zero-order valence-corrected chi connectivity index (χ0v) is 12.6. The van der Waals surface area contributed by atoms with E-state index in [1.54, 1.807) is 24.3 Å². The van der Waals surface area contributed by atoms with Gasteiger partial charge in [-0.1, -0.05) is 24.3 Å². The lowest BCUT2D eigenvalue weighted by molar-refractivity contribution is 0.195. The Morgan fingerprint density at radius 2 is 1.73 bits per heavy atom. The Morgan fingerprint density at radius 3 is 2.32 bits per heavy atom. The number of nitrogens with zero attached hydrogens (tertiary/aromatic N) is 1. The monoisotopic (exact) mass is 311 g/mol. The van der Waals surface area contributed by atoms with E-state index in [9.17, 15) is 9.59 Å². The predicted molar refractivity (Wildman–Crippen MR) is 87.6 cm³/mol. The highest BCUT2D eigenvalue weighted by Gasteiger charge is 2.11. The van der Waals surface area contributed by atoms with Crippen LogP contribution in [0.25, 0.3) is 22.3 Å². The number of rotatable bonds is 2. The molecule has 1 N–H and O–H groups in total. The van der Waals surface area contributed by atoms with Gasteiger partial charge in [0, 0.05) is 11.8 Å². The third-order valence-electron chi connectivity index (χ3n) is 3.59. The number of carbonyl (C=O) groups is 1. The summed E-state index contributed by atoms with van der Waals surface area (Å²) in [6, 6.07) is 11.6. The van der Waals surface area contributed by atoms with Gasteiger partial charge in [0.05, 0.1) is 0 Å². The maximum Gasteiger partial charge on any atom is 0.418 e. The van der Waals surface area contributed by atoms with Crippen LogP contribution in [0.2, 0.25) is 0 Å². The molecule has 4 nitrogen and oxygen atoms in total. The maximum absolute atomic E-state index is 12.0. The predicted octanol–water partition coefficient (Wildman–Crippen LogP) is 4.08. The highest BCUT2D eigenvalue weighted by molar-refractivity contribution is 7.08. The average molecular weight is 311 g/mol. The molecule has 0 bridgehead atoms. The van der Waals surface area contributed by atoms with Crippen LogP contribution in [-0.2, 0) is 0 Å². The molecule has 5 heteroatoms. The van der Waals surface area contributed by atoms with Crippen molar-refractivity contribution in [3.05, 3.63) is 69.3 Å². The van der Waals surface area contributed by atoms with E-state index in [0.717, 1.165) is 22.3 Å². The lowest BCUT2D eigenvalue weighted by Gasteiger charge is -2.08. The molecule has 1 aromatic carbocycles. The number of hydrogen-bond acceptors (Lipinski definition) is 3. The van der Waals surface area contributed by atoms with Crippen LogP contribution in [0.1, 0.15) is 5.56 Å². The molecule has 0 fully saturated rings. The standard InChI is InChI=1S/C17H13NO3S/c1-11-15(6-8-18(16(11)19)17(20)21)13-4-2-12(3-5-13)14-7-9-22-10-14/h2-10H,1H3,(H,20,21). The molecule has 2 aromatic heterocycles. The van der Waals surface area contributed by atoms with Crippen LogP contribution in [0.3, 0.4) is 0 Å².